The topological polar surface area (TPSA) is 55.9 Å². The molecule has 0 saturated heterocycles. The normalized spacial score (nSPS) is 11.4. The third kappa shape index (κ3) is 2.55. The zero-order valence-corrected chi connectivity index (χ0v) is 10.7. The van der Waals surface area contributed by atoms with Crippen molar-refractivity contribution >= 4 is 0 Å². The molecule has 0 atom stereocenters. The van der Waals surface area contributed by atoms with Gasteiger partial charge in [0, 0.05) is 18.8 Å². The number of nitrogens with one attached hydrogen (secondary N) is 1. The minimum absolute atomic E-state index is 0.422. The van der Waals surface area contributed by atoms with Crippen LogP contribution >= 0.6 is 0 Å². The Morgan fingerprint density at radius 3 is 2.76 bits per heavy atom. The molecule has 0 saturated carbocycles. The highest BCUT2D eigenvalue weighted by Gasteiger charge is 2.11. The van der Waals surface area contributed by atoms with E-state index in [4.69, 9.17) is 4.42 Å². The molecule has 2 aromatic heterocycles. The van der Waals surface area contributed by atoms with Gasteiger partial charge < -0.3 is 9.73 Å². The first-order chi connectivity index (χ1) is 8.08. The van der Waals surface area contributed by atoms with E-state index in [0.29, 0.717) is 18.5 Å². The molecule has 0 aliphatic rings. The first-order valence-electron chi connectivity index (χ1n) is 5.75. The Kier molecular flexibility index (Phi) is 3.28. The minimum atomic E-state index is 0.422. The van der Waals surface area contributed by atoms with Gasteiger partial charge in [-0.05, 0) is 6.92 Å². The smallest absolute Gasteiger partial charge is 0.208 e. The van der Waals surface area contributed by atoms with E-state index in [1.807, 2.05) is 18.7 Å². The second-order valence-corrected chi connectivity index (χ2v) is 4.42. The van der Waals surface area contributed by atoms with Crippen molar-refractivity contribution in [3.8, 4) is 11.3 Å². The van der Waals surface area contributed by atoms with E-state index in [1.165, 1.54) is 0 Å². The SMILES string of the molecule is Cc1c(-c2cnc(CNC(C)C)o2)cnn1C. The molecule has 0 amide bonds. The third-order valence-electron chi connectivity index (χ3n) is 2.72. The Balaban J connectivity index is 2.15. The van der Waals surface area contributed by atoms with Gasteiger partial charge in [0.1, 0.15) is 0 Å². The maximum atomic E-state index is 5.69. The lowest BCUT2D eigenvalue weighted by atomic mass is 10.2. The van der Waals surface area contributed by atoms with Crippen molar-refractivity contribution in [3.63, 3.8) is 0 Å². The third-order valence-corrected chi connectivity index (χ3v) is 2.72. The molecule has 2 aromatic rings. The van der Waals surface area contributed by atoms with Crippen LogP contribution in [0, 0.1) is 6.92 Å². The molecule has 0 aliphatic carbocycles. The fourth-order valence-corrected chi connectivity index (χ4v) is 1.55. The molecule has 0 fully saturated rings. The van der Waals surface area contributed by atoms with Crippen LogP contribution in [0.1, 0.15) is 25.4 Å². The Hall–Kier alpha value is -1.62. The standard InChI is InChI=1S/C12H18N4O/c1-8(2)13-7-12-14-6-11(17-12)10-5-15-16(4)9(10)3/h5-6,8,13H,7H2,1-4H3. The first kappa shape index (κ1) is 11.9. The van der Waals surface area contributed by atoms with Crippen LogP contribution in [-0.2, 0) is 13.6 Å². The fraction of sp³-hybridized carbons (Fsp3) is 0.500. The maximum absolute atomic E-state index is 5.69. The van der Waals surface area contributed by atoms with E-state index in [-0.39, 0.29) is 0 Å². The molecule has 0 aromatic carbocycles. The van der Waals surface area contributed by atoms with Crippen molar-refractivity contribution in [1.29, 1.82) is 0 Å². The summed E-state index contributed by atoms with van der Waals surface area (Å²) in [7, 11) is 1.91. The van der Waals surface area contributed by atoms with Gasteiger partial charge in [0.2, 0.25) is 5.89 Å². The average molecular weight is 234 g/mol. The number of aryl methyl sites for hydroxylation is 1. The minimum Gasteiger partial charge on any atom is -0.439 e. The first-order valence-corrected chi connectivity index (χ1v) is 5.75. The molecule has 5 nitrogen and oxygen atoms in total. The maximum Gasteiger partial charge on any atom is 0.208 e. The van der Waals surface area contributed by atoms with E-state index in [9.17, 15) is 0 Å². The van der Waals surface area contributed by atoms with Gasteiger partial charge in [-0.3, -0.25) is 4.68 Å². The molecule has 0 aliphatic heterocycles. The summed E-state index contributed by atoms with van der Waals surface area (Å²) in [5.41, 5.74) is 2.07. The van der Waals surface area contributed by atoms with Crippen LogP contribution in [0.5, 0.6) is 0 Å². The largest absolute Gasteiger partial charge is 0.439 e. The second-order valence-electron chi connectivity index (χ2n) is 4.42. The lowest BCUT2D eigenvalue weighted by Crippen LogP contribution is -2.21. The van der Waals surface area contributed by atoms with Gasteiger partial charge in [0.25, 0.3) is 0 Å². The van der Waals surface area contributed by atoms with Crippen molar-refractivity contribution < 1.29 is 4.42 Å². The second kappa shape index (κ2) is 4.71. The zero-order chi connectivity index (χ0) is 12.4. The lowest BCUT2D eigenvalue weighted by molar-refractivity contribution is 0.459. The summed E-state index contributed by atoms with van der Waals surface area (Å²) in [6.45, 7) is 6.85. The van der Waals surface area contributed by atoms with Crippen LogP contribution in [0.25, 0.3) is 11.3 Å². The van der Waals surface area contributed by atoms with Gasteiger partial charge in [-0.1, -0.05) is 13.8 Å². The molecule has 0 spiro atoms. The van der Waals surface area contributed by atoms with E-state index >= 15 is 0 Å². The van der Waals surface area contributed by atoms with Crippen molar-refractivity contribution in [2.75, 3.05) is 0 Å². The number of oxazole rings is 1. The summed E-state index contributed by atoms with van der Waals surface area (Å²) in [5.74, 6) is 1.48. The van der Waals surface area contributed by atoms with Crippen LogP contribution in [0.4, 0.5) is 0 Å². The summed E-state index contributed by atoms with van der Waals surface area (Å²) >= 11 is 0. The molecule has 92 valence electrons. The molecule has 0 unspecified atom stereocenters. The predicted octanol–water partition coefficient (Wildman–Crippen LogP) is 1.88. The number of rotatable bonds is 4. The molecule has 17 heavy (non-hydrogen) atoms. The van der Waals surface area contributed by atoms with Gasteiger partial charge >= 0.3 is 0 Å². The van der Waals surface area contributed by atoms with Crippen molar-refractivity contribution in [1.82, 2.24) is 20.1 Å². The van der Waals surface area contributed by atoms with Crippen LogP contribution in [0.15, 0.2) is 16.8 Å². The van der Waals surface area contributed by atoms with E-state index in [0.717, 1.165) is 17.0 Å². The Bertz CT molecular complexity index is 498. The zero-order valence-electron chi connectivity index (χ0n) is 10.7. The number of hydrogen-bond donors (Lipinski definition) is 1. The van der Waals surface area contributed by atoms with E-state index in [2.05, 4.69) is 29.2 Å². The van der Waals surface area contributed by atoms with E-state index in [1.54, 1.807) is 12.4 Å². The van der Waals surface area contributed by atoms with Crippen molar-refractivity contribution in [3.05, 3.63) is 24.0 Å². The van der Waals surface area contributed by atoms with Gasteiger partial charge in [-0.2, -0.15) is 5.10 Å². The quantitative estimate of drug-likeness (QED) is 0.877. The molecule has 1 N–H and O–H groups in total. The number of hydrogen-bond acceptors (Lipinski definition) is 4. The monoisotopic (exact) mass is 234 g/mol. The Morgan fingerprint density at radius 2 is 2.18 bits per heavy atom. The summed E-state index contributed by atoms with van der Waals surface area (Å²) in [6, 6.07) is 0.422. The van der Waals surface area contributed by atoms with Crippen LogP contribution in [0.2, 0.25) is 0 Å². The summed E-state index contributed by atoms with van der Waals surface area (Å²) in [4.78, 5) is 4.25. The van der Waals surface area contributed by atoms with Crippen molar-refractivity contribution in [2.24, 2.45) is 7.05 Å². The van der Waals surface area contributed by atoms with E-state index < -0.39 is 0 Å². The van der Waals surface area contributed by atoms with Crippen LogP contribution < -0.4 is 5.32 Å². The Labute approximate surface area is 101 Å². The Morgan fingerprint density at radius 1 is 1.41 bits per heavy atom. The summed E-state index contributed by atoms with van der Waals surface area (Å²) in [5, 5.41) is 7.46. The molecule has 5 heteroatoms. The van der Waals surface area contributed by atoms with Crippen molar-refractivity contribution in [2.45, 2.75) is 33.4 Å². The van der Waals surface area contributed by atoms with Crippen LogP contribution in [-0.4, -0.2) is 20.8 Å². The molecule has 2 heterocycles. The van der Waals surface area contributed by atoms with Gasteiger partial charge in [-0.15, -0.1) is 0 Å². The average Bonchev–Trinajstić information content (AvgIpc) is 2.85. The molecular weight excluding hydrogens is 216 g/mol. The van der Waals surface area contributed by atoms with Crippen LogP contribution in [0.3, 0.4) is 0 Å². The number of nitrogens with zero attached hydrogens (tertiary/aromatic N) is 3. The highest BCUT2D eigenvalue weighted by molar-refractivity contribution is 5.58. The van der Waals surface area contributed by atoms with Gasteiger partial charge in [-0.25, -0.2) is 4.98 Å². The van der Waals surface area contributed by atoms with Gasteiger partial charge in [0.15, 0.2) is 5.76 Å². The molecule has 0 bridgehead atoms. The summed E-state index contributed by atoms with van der Waals surface area (Å²) in [6.07, 6.45) is 3.55. The predicted molar refractivity (Wildman–Crippen MR) is 65.4 cm³/mol. The number of aromatic nitrogens is 3. The summed E-state index contributed by atoms with van der Waals surface area (Å²) < 4.78 is 7.51. The highest BCUT2D eigenvalue weighted by Crippen LogP contribution is 2.23. The molecule has 2 rings (SSSR count). The van der Waals surface area contributed by atoms with Gasteiger partial charge in [0.05, 0.1) is 24.5 Å². The molecular formula is C12H18N4O. The fourth-order valence-electron chi connectivity index (χ4n) is 1.55. The molecule has 0 radical (unpaired) electrons. The lowest BCUT2D eigenvalue weighted by Gasteiger charge is -2.03. The highest BCUT2D eigenvalue weighted by atomic mass is 16.4.